The van der Waals surface area contributed by atoms with Crippen molar-refractivity contribution in [1.29, 1.82) is 0 Å². The van der Waals surface area contributed by atoms with Crippen LogP contribution in [0.5, 0.6) is 0 Å². The molecule has 0 aliphatic carbocycles. The summed E-state index contributed by atoms with van der Waals surface area (Å²) < 4.78 is 13.6. The number of fused-ring (bicyclic) bond motifs is 1. The van der Waals surface area contributed by atoms with Crippen LogP contribution in [-0.4, -0.2) is 35.2 Å². The van der Waals surface area contributed by atoms with Crippen LogP contribution in [0.15, 0.2) is 18.2 Å². The minimum Gasteiger partial charge on any atom is -0.354 e. The summed E-state index contributed by atoms with van der Waals surface area (Å²) in [7, 11) is 0. The molecule has 1 aromatic rings. The molecule has 0 radical (unpaired) electrons. The largest absolute Gasteiger partial charge is 0.354 e. The number of halogens is 1. The fourth-order valence-electron chi connectivity index (χ4n) is 2.16. The highest BCUT2D eigenvalue weighted by atomic mass is 19.1. The van der Waals surface area contributed by atoms with Gasteiger partial charge in [-0.3, -0.25) is 19.3 Å². The Bertz CT molecular complexity index is 601. The molecule has 0 saturated heterocycles. The summed E-state index contributed by atoms with van der Waals surface area (Å²) in [6.45, 7) is 3.77. The van der Waals surface area contributed by atoms with E-state index in [1.54, 1.807) is 0 Å². The molecule has 2 rings (SSSR count). The zero-order chi connectivity index (χ0) is 15.6. The first-order chi connectivity index (χ1) is 9.95. The number of amides is 3. The number of hydrogen-bond acceptors (Lipinski definition) is 3. The number of nitrogens with one attached hydrogen (secondary N) is 1. The molecule has 1 heterocycles. The molecule has 0 aromatic heterocycles. The standard InChI is InChI=1S/C15H17FN2O3/c1-3-9(2)17-12(19)7-8-18-14(20)10-5-4-6-11(16)13(10)15(18)21/h4-6,9H,3,7-8H2,1-2H3,(H,17,19). The first-order valence-corrected chi connectivity index (χ1v) is 6.89. The van der Waals surface area contributed by atoms with Crippen molar-refractivity contribution in [2.75, 3.05) is 6.54 Å². The summed E-state index contributed by atoms with van der Waals surface area (Å²) in [5.74, 6) is -2.17. The first-order valence-electron chi connectivity index (χ1n) is 6.89. The third-order valence-electron chi connectivity index (χ3n) is 3.53. The maximum absolute atomic E-state index is 13.6. The Morgan fingerprint density at radius 1 is 1.33 bits per heavy atom. The zero-order valence-electron chi connectivity index (χ0n) is 12.0. The van der Waals surface area contributed by atoms with E-state index in [0.29, 0.717) is 0 Å². The molecule has 3 amide bonds. The van der Waals surface area contributed by atoms with Crippen LogP contribution in [0, 0.1) is 5.82 Å². The third kappa shape index (κ3) is 2.94. The van der Waals surface area contributed by atoms with E-state index >= 15 is 0 Å². The molecule has 1 N–H and O–H groups in total. The summed E-state index contributed by atoms with van der Waals surface area (Å²) in [4.78, 5) is 36.7. The highest BCUT2D eigenvalue weighted by Gasteiger charge is 2.37. The van der Waals surface area contributed by atoms with Crippen LogP contribution in [0.2, 0.25) is 0 Å². The molecule has 1 aliphatic rings. The van der Waals surface area contributed by atoms with Gasteiger partial charge >= 0.3 is 0 Å². The molecule has 21 heavy (non-hydrogen) atoms. The van der Waals surface area contributed by atoms with E-state index in [1.165, 1.54) is 12.1 Å². The smallest absolute Gasteiger partial charge is 0.264 e. The van der Waals surface area contributed by atoms with E-state index in [9.17, 15) is 18.8 Å². The molecule has 1 atom stereocenters. The van der Waals surface area contributed by atoms with Gasteiger partial charge in [-0.1, -0.05) is 13.0 Å². The van der Waals surface area contributed by atoms with Gasteiger partial charge in [-0.25, -0.2) is 4.39 Å². The predicted octanol–water partition coefficient (Wildman–Crippen LogP) is 1.73. The average Bonchev–Trinajstić information content (AvgIpc) is 2.70. The molecule has 0 bridgehead atoms. The van der Waals surface area contributed by atoms with Crippen molar-refractivity contribution in [3.63, 3.8) is 0 Å². The van der Waals surface area contributed by atoms with Crippen LogP contribution in [0.25, 0.3) is 0 Å². The number of rotatable bonds is 5. The van der Waals surface area contributed by atoms with Crippen LogP contribution >= 0.6 is 0 Å². The van der Waals surface area contributed by atoms with Gasteiger partial charge in [0.25, 0.3) is 11.8 Å². The van der Waals surface area contributed by atoms with Crippen LogP contribution in [0.1, 0.15) is 47.4 Å². The Morgan fingerprint density at radius 3 is 2.67 bits per heavy atom. The van der Waals surface area contributed by atoms with E-state index in [4.69, 9.17) is 0 Å². The number of nitrogens with zero attached hydrogens (tertiary/aromatic N) is 1. The topological polar surface area (TPSA) is 66.5 Å². The van der Waals surface area contributed by atoms with Crippen molar-refractivity contribution < 1.29 is 18.8 Å². The van der Waals surface area contributed by atoms with Crippen LogP contribution in [0.3, 0.4) is 0 Å². The first kappa shape index (κ1) is 15.2. The summed E-state index contributed by atoms with van der Waals surface area (Å²) >= 11 is 0. The fraction of sp³-hybridized carbons (Fsp3) is 0.400. The van der Waals surface area contributed by atoms with Crippen LogP contribution in [-0.2, 0) is 4.79 Å². The minimum absolute atomic E-state index is 0.0113. The molecule has 0 fully saturated rings. The molecule has 1 aliphatic heterocycles. The Hall–Kier alpha value is -2.24. The quantitative estimate of drug-likeness (QED) is 0.840. The zero-order valence-corrected chi connectivity index (χ0v) is 12.0. The third-order valence-corrected chi connectivity index (χ3v) is 3.53. The van der Waals surface area contributed by atoms with Crippen molar-refractivity contribution in [1.82, 2.24) is 10.2 Å². The van der Waals surface area contributed by atoms with Gasteiger partial charge in [-0.05, 0) is 25.5 Å². The number of carbonyl (C=O) groups is 3. The average molecular weight is 292 g/mol. The van der Waals surface area contributed by atoms with Crippen molar-refractivity contribution in [2.45, 2.75) is 32.7 Å². The Morgan fingerprint density at radius 2 is 2.05 bits per heavy atom. The van der Waals surface area contributed by atoms with Gasteiger partial charge in [-0.15, -0.1) is 0 Å². The van der Waals surface area contributed by atoms with Gasteiger partial charge in [0, 0.05) is 19.0 Å². The normalized spacial score (nSPS) is 15.1. The van der Waals surface area contributed by atoms with Crippen molar-refractivity contribution in [3.05, 3.63) is 35.1 Å². The number of carbonyl (C=O) groups excluding carboxylic acids is 3. The molecular formula is C15H17FN2O3. The second-order valence-electron chi connectivity index (χ2n) is 5.05. The van der Waals surface area contributed by atoms with Gasteiger partial charge in [0.05, 0.1) is 11.1 Å². The van der Waals surface area contributed by atoms with E-state index in [1.807, 2.05) is 13.8 Å². The van der Waals surface area contributed by atoms with E-state index in [0.717, 1.165) is 17.4 Å². The fourth-order valence-corrected chi connectivity index (χ4v) is 2.16. The summed E-state index contributed by atoms with van der Waals surface area (Å²) in [5, 5.41) is 2.75. The molecule has 112 valence electrons. The van der Waals surface area contributed by atoms with Crippen molar-refractivity contribution >= 4 is 17.7 Å². The predicted molar refractivity (Wildman–Crippen MR) is 74.3 cm³/mol. The Kier molecular flexibility index (Phi) is 4.35. The SMILES string of the molecule is CCC(C)NC(=O)CCN1C(=O)c2cccc(F)c2C1=O. The van der Waals surface area contributed by atoms with E-state index in [2.05, 4.69) is 5.32 Å². The molecule has 6 heteroatoms. The Labute approximate surface area is 122 Å². The van der Waals surface area contributed by atoms with Crippen LogP contribution < -0.4 is 5.32 Å². The van der Waals surface area contributed by atoms with Gasteiger partial charge in [0.1, 0.15) is 5.82 Å². The molecular weight excluding hydrogens is 275 g/mol. The molecule has 0 saturated carbocycles. The molecule has 0 spiro atoms. The summed E-state index contributed by atoms with van der Waals surface area (Å²) in [5.41, 5.74) is -0.146. The summed E-state index contributed by atoms with van der Waals surface area (Å²) in [6.07, 6.45) is 0.807. The molecule has 1 aromatic carbocycles. The van der Waals surface area contributed by atoms with Gasteiger partial charge in [0.2, 0.25) is 5.91 Å². The second kappa shape index (κ2) is 6.03. The van der Waals surface area contributed by atoms with E-state index < -0.39 is 17.6 Å². The Balaban J connectivity index is 2.04. The number of hydrogen-bond donors (Lipinski definition) is 1. The maximum Gasteiger partial charge on any atom is 0.264 e. The lowest BCUT2D eigenvalue weighted by Gasteiger charge is -2.15. The van der Waals surface area contributed by atoms with Gasteiger partial charge < -0.3 is 5.32 Å². The molecule has 1 unspecified atom stereocenters. The van der Waals surface area contributed by atoms with Gasteiger partial charge in [-0.2, -0.15) is 0 Å². The van der Waals surface area contributed by atoms with E-state index in [-0.39, 0.29) is 36.0 Å². The summed E-state index contributed by atoms with van der Waals surface area (Å²) in [6, 6.07) is 3.98. The maximum atomic E-state index is 13.6. The lowest BCUT2D eigenvalue weighted by atomic mass is 10.1. The van der Waals surface area contributed by atoms with Crippen molar-refractivity contribution in [2.24, 2.45) is 0 Å². The van der Waals surface area contributed by atoms with Crippen molar-refractivity contribution in [3.8, 4) is 0 Å². The lowest BCUT2D eigenvalue weighted by Crippen LogP contribution is -2.37. The highest BCUT2D eigenvalue weighted by Crippen LogP contribution is 2.25. The highest BCUT2D eigenvalue weighted by molar-refractivity contribution is 6.21. The second-order valence-corrected chi connectivity index (χ2v) is 5.05. The van der Waals surface area contributed by atoms with Gasteiger partial charge in [0.15, 0.2) is 0 Å². The number of benzene rings is 1. The minimum atomic E-state index is -0.711. The molecule has 5 nitrogen and oxygen atoms in total. The number of imide groups is 1. The lowest BCUT2D eigenvalue weighted by molar-refractivity contribution is -0.121. The monoisotopic (exact) mass is 292 g/mol. The van der Waals surface area contributed by atoms with Crippen LogP contribution in [0.4, 0.5) is 4.39 Å².